The zero-order chi connectivity index (χ0) is 13.8. The Kier molecular flexibility index (Phi) is 4.07. The van der Waals surface area contributed by atoms with Crippen molar-refractivity contribution in [2.45, 2.75) is 13.3 Å². The molecule has 0 unspecified atom stereocenters. The van der Waals surface area contributed by atoms with Gasteiger partial charge in [0.2, 0.25) is 0 Å². The summed E-state index contributed by atoms with van der Waals surface area (Å²) in [6, 6.07) is 12.0. The van der Waals surface area contributed by atoms with Crippen LogP contribution in [0.3, 0.4) is 0 Å². The number of hydrogen-bond acceptors (Lipinski definition) is 2. The molecule has 0 spiro atoms. The fraction of sp³-hybridized carbons (Fsp3) is 0.133. The van der Waals surface area contributed by atoms with Gasteiger partial charge in [-0.3, -0.25) is 4.79 Å². The normalized spacial score (nSPS) is 10.2. The first kappa shape index (κ1) is 13.4. The minimum atomic E-state index is -0.254. The van der Waals surface area contributed by atoms with Crippen molar-refractivity contribution < 1.29 is 9.90 Å². The third kappa shape index (κ3) is 3.26. The highest BCUT2D eigenvalue weighted by molar-refractivity contribution is 6.32. The lowest BCUT2D eigenvalue weighted by Crippen LogP contribution is -2.11. The van der Waals surface area contributed by atoms with Crippen molar-refractivity contribution in [2.75, 3.05) is 5.32 Å². The predicted octanol–water partition coefficient (Wildman–Crippen LogP) is 3.86. The second-order valence-electron chi connectivity index (χ2n) is 4.17. The van der Waals surface area contributed by atoms with Crippen LogP contribution in [0.4, 0.5) is 5.69 Å². The van der Waals surface area contributed by atoms with Gasteiger partial charge in [-0.25, -0.2) is 0 Å². The van der Waals surface area contributed by atoms with Crippen LogP contribution in [0.2, 0.25) is 5.02 Å². The summed E-state index contributed by atoms with van der Waals surface area (Å²) in [7, 11) is 0. The molecule has 0 aliphatic heterocycles. The van der Waals surface area contributed by atoms with Gasteiger partial charge in [0.1, 0.15) is 5.75 Å². The molecular weight excluding hydrogens is 262 g/mol. The van der Waals surface area contributed by atoms with E-state index in [1.165, 1.54) is 18.2 Å². The number of aryl methyl sites for hydroxylation is 1. The first-order valence-electron chi connectivity index (χ1n) is 5.99. The molecule has 0 heterocycles. The van der Waals surface area contributed by atoms with E-state index in [2.05, 4.69) is 12.2 Å². The molecule has 2 aromatic rings. The average molecular weight is 276 g/mol. The Labute approximate surface area is 116 Å². The lowest BCUT2D eigenvalue weighted by atomic mass is 10.1. The number of rotatable bonds is 3. The van der Waals surface area contributed by atoms with Gasteiger partial charge in [-0.15, -0.1) is 0 Å². The number of halogens is 1. The minimum absolute atomic E-state index is 0.0359. The van der Waals surface area contributed by atoms with Crippen LogP contribution in [0.1, 0.15) is 22.8 Å². The monoisotopic (exact) mass is 275 g/mol. The van der Waals surface area contributed by atoms with Crippen LogP contribution in [0, 0.1) is 0 Å². The maximum absolute atomic E-state index is 12.0. The number of nitrogens with one attached hydrogen (secondary N) is 1. The maximum Gasteiger partial charge on any atom is 0.255 e. The molecule has 0 aromatic heterocycles. The third-order valence-electron chi connectivity index (χ3n) is 2.80. The fourth-order valence-electron chi connectivity index (χ4n) is 1.72. The molecule has 19 heavy (non-hydrogen) atoms. The molecule has 98 valence electrons. The second-order valence-corrected chi connectivity index (χ2v) is 4.58. The minimum Gasteiger partial charge on any atom is -0.506 e. The van der Waals surface area contributed by atoms with E-state index in [0.29, 0.717) is 5.56 Å². The van der Waals surface area contributed by atoms with Crippen molar-refractivity contribution in [2.24, 2.45) is 0 Å². The third-order valence-corrected chi connectivity index (χ3v) is 3.11. The van der Waals surface area contributed by atoms with Crippen LogP contribution < -0.4 is 5.32 Å². The van der Waals surface area contributed by atoms with Gasteiger partial charge in [0.05, 0.1) is 5.02 Å². The van der Waals surface area contributed by atoms with E-state index in [9.17, 15) is 9.90 Å². The van der Waals surface area contributed by atoms with Gasteiger partial charge >= 0.3 is 0 Å². The summed E-state index contributed by atoms with van der Waals surface area (Å²) in [4.78, 5) is 12.0. The molecule has 0 saturated heterocycles. The van der Waals surface area contributed by atoms with Crippen LogP contribution in [0.5, 0.6) is 5.75 Å². The number of benzene rings is 2. The summed E-state index contributed by atoms with van der Waals surface area (Å²) < 4.78 is 0. The summed E-state index contributed by atoms with van der Waals surface area (Å²) in [6.07, 6.45) is 0.911. The van der Waals surface area contributed by atoms with E-state index >= 15 is 0 Å². The zero-order valence-electron chi connectivity index (χ0n) is 10.5. The van der Waals surface area contributed by atoms with E-state index in [0.717, 1.165) is 17.7 Å². The molecule has 0 radical (unpaired) electrons. The molecule has 2 N–H and O–H groups in total. The average Bonchev–Trinajstić information content (AvgIpc) is 2.42. The molecule has 1 amide bonds. The van der Waals surface area contributed by atoms with Crippen LogP contribution in [-0.2, 0) is 6.42 Å². The quantitative estimate of drug-likeness (QED) is 0.894. The first-order valence-corrected chi connectivity index (χ1v) is 6.36. The lowest BCUT2D eigenvalue weighted by Gasteiger charge is -2.07. The molecule has 2 aromatic carbocycles. The topological polar surface area (TPSA) is 49.3 Å². The zero-order valence-corrected chi connectivity index (χ0v) is 11.2. The molecular formula is C15H14ClNO2. The van der Waals surface area contributed by atoms with Crippen LogP contribution in [0.25, 0.3) is 0 Å². The molecule has 4 heteroatoms. The van der Waals surface area contributed by atoms with E-state index in [4.69, 9.17) is 11.6 Å². The molecule has 0 fully saturated rings. The summed E-state index contributed by atoms with van der Waals surface area (Å²) in [5.74, 6) is -0.290. The van der Waals surface area contributed by atoms with Crippen molar-refractivity contribution in [1.29, 1.82) is 0 Å². The molecule has 0 aliphatic rings. The van der Waals surface area contributed by atoms with Gasteiger partial charge in [0.15, 0.2) is 0 Å². The number of phenols is 1. The Morgan fingerprint density at radius 1 is 1.26 bits per heavy atom. The number of anilines is 1. The van der Waals surface area contributed by atoms with Gasteiger partial charge in [-0.1, -0.05) is 30.7 Å². The van der Waals surface area contributed by atoms with Gasteiger partial charge in [-0.2, -0.15) is 0 Å². The van der Waals surface area contributed by atoms with Crippen molar-refractivity contribution in [1.82, 2.24) is 0 Å². The van der Waals surface area contributed by atoms with Crippen molar-refractivity contribution in [3.63, 3.8) is 0 Å². The van der Waals surface area contributed by atoms with Crippen molar-refractivity contribution in [3.05, 3.63) is 58.6 Å². The highest BCUT2D eigenvalue weighted by Gasteiger charge is 2.08. The Balaban J connectivity index is 2.18. The molecule has 0 bridgehead atoms. The predicted molar refractivity (Wildman–Crippen MR) is 76.9 cm³/mol. The maximum atomic E-state index is 12.0. The molecule has 2 rings (SSSR count). The second kappa shape index (κ2) is 5.76. The van der Waals surface area contributed by atoms with E-state index in [1.807, 2.05) is 24.3 Å². The van der Waals surface area contributed by atoms with Crippen molar-refractivity contribution in [3.8, 4) is 5.75 Å². The standard InChI is InChI=1S/C15H14ClNO2/c1-2-10-4-3-5-12(8-10)17-15(19)11-6-7-14(18)13(16)9-11/h3-9,18H,2H2,1H3,(H,17,19). The summed E-state index contributed by atoms with van der Waals surface area (Å²) in [5, 5.41) is 12.3. The number of aromatic hydroxyl groups is 1. The van der Waals surface area contributed by atoms with Gasteiger partial charge < -0.3 is 10.4 Å². The summed E-state index contributed by atoms with van der Waals surface area (Å²) in [6.45, 7) is 2.06. The summed E-state index contributed by atoms with van der Waals surface area (Å²) >= 11 is 5.78. The van der Waals surface area contributed by atoms with E-state index in [-0.39, 0.29) is 16.7 Å². The number of phenolic OH excluding ortho intramolecular Hbond substituents is 1. The smallest absolute Gasteiger partial charge is 0.255 e. The number of amides is 1. The van der Waals surface area contributed by atoms with Crippen LogP contribution >= 0.6 is 11.6 Å². The number of hydrogen-bond donors (Lipinski definition) is 2. The fourth-order valence-corrected chi connectivity index (χ4v) is 1.90. The summed E-state index contributed by atoms with van der Waals surface area (Å²) in [5.41, 5.74) is 2.31. The Bertz CT molecular complexity index is 611. The molecule has 0 aliphatic carbocycles. The molecule has 0 saturated carbocycles. The van der Waals surface area contributed by atoms with Gasteiger partial charge in [-0.05, 0) is 42.3 Å². The highest BCUT2D eigenvalue weighted by Crippen LogP contribution is 2.24. The lowest BCUT2D eigenvalue weighted by molar-refractivity contribution is 0.102. The Morgan fingerprint density at radius 3 is 2.74 bits per heavy atom. The van der Waals surface area contributed by atoms with Crippen LogP contribution in [-0.4, -0.2) is 11.0 Å². The largest absolute Gasteiger partial charge is 0.506 e. The Hall–Kier alpha value is -2.00. The van der Waals surface area contributed by atoms with Gasteiger partial charge in [0, 0.05) is 11.3 Å². The van der Waals surface area contributed by atoms with Gasteiger partial charge in [0.25, 0.3) is 5.91 Å². The number of carbonyl (C=O) groups is 1. The van der Waals surface area contributed by atoms with E-state index < -0.39 is 0 Å². The first-order chi connectivity index (χ1) is 9.10. The van der Waals surface area contributed by atoms with Crippen LogP contribution in [0.15, 0.2) is 42.5 Å². The SMILES string of the molecule is CCc1cccc(NC(=O)c2ccc(O)c(Cl)c2)c1. The van der Waals surface area contributed by atoms with Crippen molar-refractivity contribution >= 4 is 23.2 Å². The molecule has 0 atom stereocenters. The number of carbonyl (C=O) groups excluding carboxylic acids is 1. The molecule has 3 nitrogen and oxygen atoms in total. The Morgan fingerprint density at radius 2 is 2.05 bits per heavy atom. The highest BCUT2D eigenvalue weighted by atomic mass is 35.5. The van der Waals surface area contributed by atoms with E-state index in [1.54, 1.807) is 0 Å².